The SMILES string of the molecule is O=C(O)C(Cc1c[nH]c2ccccc12)NCc1ccc(Cl)c(Cl)c1. The van der Waals surface area contributed by atoms with Crippen LogP contribution in [0.25, 0.3) is 10.9 Å². The van der Waals surface area contributed by atoms with Crippen molar-refractivity contribution in [1.29, 1.82) is 0 Å². The smallest absolute Gasteiger partial charge is 0.321 e. The lowest BCUT2D eigenvalue weighted by atomic mass is 10.0. The minimum absolute atomic E-state index is 0.390. The van der Waals surface area contributed by atoms with E-state index in [1.165, 1.54) is 0 Å². The number of H-pyrrole nitrogens is 1. The van der Waals surface area contributed by atoms with E-state index in [9.17, 15) is 9.90 Å². The van der Waals surface area contributed by atoms with Crippen molar-refractivity contribution in [3.63, 3.8) is 0 Å². The zero-order valence-electron chi connectivity index (χ0n) is 12.7. The Labute approximate surface area is 149 Å². The second-order valence-electron chi connectivity index (χ2n) is 5.58. The highest BCUT2D eigenvalue weighted by atomic mass is 35.5. The average Bonchev–Trinajstić information content (AvgIpc) is 2.97. The van der Waals surface area contributed by atoms with E-state index in [2.05, 4.69) is 10.3 Å². The lowest BCUT2D eigenvalue weighted by molar-refractivity contribution is -0.139. The molecule has 1 unspecified atom stereocenters. The van der Waals surface area contributed by atoms with Crippen LogP contribution in [0.2, 0.25) is 10.0 Å². The summed E-state index contributed by atoms with van der Waals surface area (Å²) in [5.41, 5.74) is 2.86. The molecule has 0 amide bonds. The molecule has 124 valence electrons. The lowest BCUT2D eigenvalue weighted by Gasteiger charge is -2.14. The summed E-state index contributed by atoms with van der Waals surface area (Å²) in [6.45, 7) is 0.399. The molecule has 1 atom stereocenters. The number of carboxylic acid groups (broad SMARTS) is 1. The Morgan fingerprint density at radius 3 is 2.71 bits per heavy atom. The van der Waals surface area contributed by atoms with Gasteiger partial charge in [0, 0.05) is 30.1 Å². The normalized spacial score (nSPS) is 12.4. The molecule has 4 nitrogen and oxygen atoms in total. The number of benzene rings is 2. The van der Waals surface area contributed by atoms with Gasteiger partial charge in [-0.15, -0.1) is 0 Å². The van der Waals surface area contributed by atoms with Crippen LogP contribution in [-0.2, 0) is 17.8 Å². The van der Waals surface area contributed by atoms with Gasteiger partial charge >= 0.3 is 5.97 Å². The van der Waals surface area contributed by atoms with E-state index >= 15 is 0 Å². The first-order valence-corrected chi connectivity index (χ1v) is 8.25. The van der Waals surface area contributed by atoms with Crippen LogP contribution in [0.1, 0.15) is 11.1 Å². The Bertz CT molecular complexity index is 876. The fourth-order valence-electron chi connectivity index (χ4n) is 2.66. The lowest BCUT2D eigenvalue weighted by Crippen LogP contribution is -2.38. The summed E-state index contributed by atoms with van der Waals surface area (Å²) in [4.78, 5) is 14.8. The van der Waals surface area contributed by atoms with Crippen molar-refractivity contribution >= 4 is 40.1 Å². The highest BCUT2D eigenvalue weighted by Crippen LogP contribution is 2.23. The van der Waals surface area contributed by atoms with Crippen LogP contribution in [-0.4, -0.2) is 22.1 Å². The predicted octanol–water partition coefficient (Wildman–Crippen LogP) is 4.26. The molecule has 0 saturated heterocycles. The van der Waals surface area contributed by atoms with Crippen LogP contribution in [0, 0.1) is 0 Å². The van der Waals surface area contributed by atoms with Crippen molar-refractivity contribution in [3.8, 4) is 0 Å². The van der Waals surface area contributed by atoms with Crippen molar-refractivity contribution in [2.45, 2.75) is 19.0 Å². The second-order valence-corrected chi connectivity index (χ2v) is 6.40. The Morgan fingerprint density at radius 1 is 1.17 bits per heavy atom. The highest BCUT2D eigenvalue weighted by molar-refractivity contribution is 6.42. The van der Waals surface area contributed by atoms with Crippen LogP contribution in [0.5, 0.6) is 0 Å². The number of nitrogens with one attached hydrogen (secondary N) is 2. The Balaban J connectivity index is 1.73. The van der Waals surface area contributed by atoms with Crippen molar-refractivity contribution in [1.82, 2.24) is 10.3 Å². The summed E-state index contributed by atoms with van der Waals surface area (Å²) in [5.74, 6) is -0.889. The largest absolute Gasteiger partial charge is 0.480 e. The van der Waals surface area contributed by atoms with E-state index < -0.39 is 12.0 Å². The first-order valence-electron chi connectivity index (χ1n) is 7.49. The first kappa shape index (κ1) is 16.8. The van der Waals surface area contributed by atoms with Crippen LogP contribution in [0.4, 0.5) is 0 Å². The molecule has 0 bridgehead atoms. The standard InChI is InChI=1S/C18H16Cl2N2O2/c19-14-6-5-11(7-15(14)20)9-21-17(18(23)24)8-12-10-22-16-4-2-1-3-13(12)16/h1-7,10,17,21-22H,8-9H2,(H,23,24). The van der Waals surface area contributed by atoms with Crippen LogP contribution >= 0.6 is 23.2 Å². The third-order valence-electron chi connectivity index (χ3n) is 3.93. The number of carbonyl (C=O) groups is 1. The summed E-state index contributed by atoms with van der Waals surface area (Å²) < 4.78 is 0. The number of hydrogen-bond donors (Lipinski definition) is 3. The fraction of sp³-hybridized carbons (Fsp3) is 0.167. The Hall–Kier alpha value is -2.01. The molecular weight excluding hydrogens is 347 g/mol. The van der Waals surface area contributed by atoms with Crippen LogP contribution in [0.15, 0.2) is 48.7 Å². The topological polar surface area (TPSA) is 65.1 Å². The number of carboxylic acids is 1. The molecule has 24 heavy (non-hydrogen) atoms. The van der Waals surface area contributed by atoms with Crippen molar-refractivity contribution in [3.05, 3.63) is 69.8 Å². The van der Waals surface area contributed by atoms with Gasteiger partial charge in [-0.1, -0.05) is 47.5 Å². The van der Waals surface area contributed by atoms with Gasteiger partial charge < -0.3 is 15.4 Å². The number of aliphatic carboxylic acids is 1. The van der Waals surface area contributed by atoms with E-state index in [1.807, 2.05) is 36.5 Å². The Kier molecular flexibility index (Phi) is 5.09. The summed E-state index contributed by atoms with van der Waals surface area (Å²) in [6.07, 6.45) is 2.25. The molecular formula is C18H16Cl2N2O2. The van der Waals surface area contributed by atoms with Gasteiger partial charge in [0.2, 0.25) is 0 Å². The maximum absolute atomic E-state index is 11.6. The van der Waals surface area contributed by atoms with Crippen LogP contribution in [0.3, 0.4) is 0 Å². The molecule has 2 aromatic carbocycles. The molecule has 0 saturated carbocycles. The fourth-order valence-corrected chi connectivity index (χ4v) is 2.98. The minimum atomic E-state index is -0.889. The second kappa shape index (κ2) is 7.26. The van der Waals surface area contributed by atoms with Crippen molar-refractivity contribution < 1.29 is 9.90 Å². The molecule has 3 aromatic rings. The van der Waals surface area contributed by atoms with E-state index in [1.54, 1.807) is 12.1 Å². The number of para-hydroxylation sites is 1. The van der Waals surface area contributed by atoms with E-state index in [4.69, 9.17) is 23.2 Å². The number of hydrogen-bond acceptors (Lipinski definition) is 2. The number of halogens is 2. The van der Waals surface area contributed by atoms with Gasteiger partial charge in [-0.3, -0.25) is 4.79 Å². The quantitative estimate of drug-likeness (QED) is 0.613. The molecule has 0 spiro atoms. The Morgan fingerprint density at radius 2 is 1.96 bits per heavy atom. The molecule has 3 N–H and O–H groups in total. The van der Waals surface area contributed by atoms with E-state index in [-0.39, 0.29) is 0 Å². The number of fused-ring (bicyclic) bond motifs is 1. The summed E-state index contributed by atoms with van der Waals surface area (Å²) in [7, 11) is 0. The van der Waals surface area contributed by atoms with Crippen molar-refractivity contribution in [2.24, 2.45) is 0 Å². The van der Waals surface area contributed by atoms with Gasteiger partial charge in [0.25, 0.3) is 0 Å². The van der Waals surface area contributed by atoms with E-state index in [0.717, 1.165) is 22.0 Å². The summed E-state index contributed by atoms with van der Waals surface area (Å²) in [6, 6.07) is 12.4. The first-order chi connectivity index (χ1) is 11.5. The molecule has 3 rings (SSSR count). The molecule has 0 aliphatic rings. The molecule has 6 heteroatoms. The van der Waals surface area contributed by atoms with E-state index in [0.29, 0.717) is 23.0 Å². The molecule has 0 radical (unpaired) electrons. The molecule has 1 heterocycles. The van der Waals surface area contributed by atoms with Gasteiger partial charge in [-0.25, -0.2) is 0 Å². The van der Waals surface area contributed by atoms with Gasteiger partial charge in [-0.05, 0) is 29.3 Å². The van der Waals surface area contributed by atoms with Crippen molar-refractivity contribution in [2.75, 3.05) is 0 Å². The third kappa shape index (κ3) is 3.73. The van der Waals surface area contributed by atoms with Gasteiger partial charge in [0.15, 0.2) is 0 Å². The number of aromatic nitrogens is 1. The van der Waals surface area contributed by atoms with Gasteiger partial charge in [0.1, 0.15) is 6.04 Å². The number of aromatic amines is 1. The van der Waals surface area contributed by atoms with Gasteiger partial charge in [0.05, 0.1) is 10.0 Å². The predicted molar refractivity (Wildman–Crippen MR) is 96.7 cm³/mol. The zero-order chi connectivity index (χ0) is 17.1. The average molecular weight is 363 g/mol. The summed E-state index contributed by atoms with van der Waals surface area (Å²) >= 11 is 11.9. The molecule has 1 aromatic heterocycles. The third-order valence-corrected chi connectivity index (χ3v) is 4.67. The van der Waals surface area contributed by atoms with Crippen LogP contribution < -0.4 is 5.32 Å². The van der Waals surface area contributed by atoms with Gasteiger partial charge in [-0.2, -0.15) is 0 Å². The maximum Gasteiger partial charge on any atom is 0.321 e. The minimum Gasteiger partial charge on any atom is -0.480 e. The number of rotatable bonds is 6. The summed E-state index contributed by atoms with van der Waals surface area (Å²) in [5, 5.41) is 14.6. The monoisotopic (exact) mass is 362 g/mol. The molecule has 0 aliphatic heterocycles. The molecule has 0 aliphatic carbocycles. The zero-order valence-corrected chi connectivity index (χ0v) is 14.2. The highest BCUT2D eigenvalue weighted by Gasteiger charge is 2.19. The molecule has 0 fully saturated rings. The maximum atomic E-state index is 11.6.